The molecule has 0 N–H and O–H groups in total. The van der Waals surface area contributed by atoms with Crippen LogP contribution in [-0.4, -0.2) is 9.97 Å². The van der Waals surface area contributed by atoms with Gasteiger partial charge in [-0.2, -0.15) is 0 Å². The highest BCUT2D eigenvalue weighted by molar-refractivity contribution is 7.24. The topological polar surface area (TPSA) is 25.8 Å². The molecule has 2 nitrogen and oxygen atoms in total. The molecule has 6 aromatic rings. The number of rotatable bonds is 5. The van der Waals surface area contributed by atoms with Crippen molar-refractivity contribution in [2.75, 3.05) is 0 Å². The van der Waals surface area contributed by atoms with Crippen LogP contribution in [-0.2, 0) is 0 Å². The molecule has 0 aliphatic rings. The lowest BCUT2D eigenvalue weighted by Gasteiger charge is -2.05. The summed E-state index contributed by atoms with van der Waals surface area (Å²) in [5.74, 6) is 0. The molecular formula is C28H20N2S4. The van der Waals surface area contributed by atoms with Gasteiger partial charge in [0.25, 0.3) is 0 Å². The Morgan fingerprint density at radius 2 is 0.824 bits per heavy atom. The van der Waals surface area contributed by atoms with Crippen molar-refractivity contribution in [3.05, 3.63) is 94.9 Å². The Morgan fingerprint density at radius 1 is 0.441 bits per heavy atom. The smallest absolute Gasteiger partial charge is 0.0892 e. The maximum absolute atomic E-state index is 4.64. The zero-order chi connectivity index (χ0) is 23.1. The summed E-state index contributed by atoms with van der Waals surface area (Å²) in [4.78, 5) is 19.7. The van der Waals surface area contributed by atoms with Crippen molar-refractivity contribution >= 4 is 45.3 Å². The van der Waals surface area contributed by atoms with Gasteiger partial charge >= 0.3 is 0 Å². The molecule has 6 heterocycles. The van der Waals surface area contributed by atoms with E-state index in [-0.39, 0.29) is 0 Å². The molecule has 0 saturated carbocycles. The SMILES string of the molecule is Cc1ccc(-c2ccc(-c3ccnc(-c4cc(-c5ccc(-c6ccc(C)s6)s5)ccn4)c3)s2)s1. The summed E-state index contributed by atoms with van der Waals surface area (Å²) in [6.07, 6.45) is 3.77. The number of pyridine rings is 2. The number of thiophene rings is 4. The highest BCUT2D eigenvalue weighted by atomic mass is 32.1. The zero-order valence-electron chi connectivity index (χ0n) is 18.6. The second-order valence-corrected chi connectivity index (χ2v) is 12.8. The molecule has 0 bridgehead atoms. The van der Waals surface area contributed by atoms with Crippen LogP contribution in [0.25, 0.3) is 51.8 Å². The molecule has 0 saturated heterocycles. The normalized spacial score (nSPS) is 11.2. The summed E-state index contributed by atoms with van der Waals surface area (Å²) in [6, 6.07) is 26.1. The Labute approximate surface area is 214 Å². The quantitative estimate of drug-likeness (QED) is 0.230. The van der Waals surface area contributed by atoms with Gasteiger partial charge in [0.2, 0.25) is 0 Å². The first-order valence-electron chi connectivity index (χ1n) is 10.9. The fraction of sp³-hybridized carbons (Fsp3) is 0.0714. The van der Waals surface area contributed by atoms with Gasteiger partial charge < -0.3 is 0 Å². The van der Waals surface area contributed by atoms with Crippen molar-refractivity contribution < 1.29 is 0 Å². The maximum atomic E-state index is 4.64. The van der Waals surface area contributed by atoms with Crippen LogP contribution in [0.4, 0.5) is 0 Å². The van der Waals surface area contributed by atoms with E-state index in [2.05, 4.69) is 96.6 Å². The van der Waals surface area contributed by atoms with Crippen LogP contribution in [0.5, 0.6) is 0 Å². The second kappa shape index (κ2) is 9.04. The van der Waals surface area contributed by atoms with E-state index in [0.717, 1.165) is 11.4 Å². The third-order valence-electron chi connectivity index (χ3n) is 5.53. The Kier molecular flexibility index (Phi) is 5.75. The van der Waals surface area contributed by atoms with E-state index in [1.807, 2.05) is 57.7 Å². The van der Waals surface area contributed by atoms with E-state index < -0.39 is 0 Å². The van der Waals surface area contributed by atoms with Gasteiger partial charge in [0.05, 0.1) is 11.4 Å². The largest absolute Gasteiger partial charge is 0.255 e. The van der Waals surface area contributed by atoms with Crippen molar-refractivity contribution in [2.45, 2.75) is 13.8 Å². The summed E-state index contributed by atoms with van der Waals surface area (Å²) in [5.41, 5.74) is 4.14. The van der Waals surface area contributed by atoms with Crippen LogP contribution in [0.15, 0.2) is 85.2 Å². The molecular weight excluding hydrogens is 493 g/mol. The number of aromatic nitrogens is 2. The highest BCUT2D eigenvalue weighted by Crippen LogP contribution is 2.40. The van der Waals surface area contributed by atoms with Gasteiger partial charge in [-0.1, -0.05) is 0 Å². The number of hydrogen-bond acceptors (Lipinski definition) is 6. The van der Waals surface area contributed by atoms with Crippen LogP contribution < -0.4 is 0 Å². The molecule has 0 aliphatic heterocycles. The molecule has 0 radical (unpaired) electrons. The zero-order valence-corrected chi connectivity index (χ0v) is 21.9. The second-order valence-electron chi connectivity index (χ2n) is 8.01. The van der Waals surface area contributed by atoms with Crippen LogP contribution in [0, 0.1) is 13.8 Å². The van der Waals surface area contributed by atoms with Gasteiger partial charge in [-0.15, -0.1) is 45.3 Å². The summed E-state index contributed by atoms with van der Waals surface area (Å²) in [5, 5.41) is 0. The Balaban J connectivity index is 1.30. The Bertz CT molecular complexity index is 1480. The first-order chi connectivity index (χ1) is 16.6. The molecule has 0 unspecified atom stereocenters. The average Bonchev–Trinajstić information content (AvgIpc) is 3.66. The number of nitrogens with zero attached hydrogens (tertiary/aromatic N) is 2. The summed E-state index contributed by atoms with van der Waals surface area (Å²) < 4.78 is 0. The summed E-state index contributed by atoms with van der Waals surface area (Å²) in [6.45, 7) is 4.30. The van der Waals surface area contributed by atoms with Crippen LogP contribution in [0.1, 0.15) is 9.75 Å². The predicted molar refractivity (Wildman–Crippen MR) is 150 cm³/mol. The summed E-state index contributed by atoms with van der Waals surface area (Å²) in [7, 11) is 0. The average molecular weight is 513 g/mol. The van der Waals surface area contributed by atoms with Gasteiger partial charge in [-0.25, -0.2) is 0 Å². The van der Waals surface area contributed by atoms with Crippen LogP contribution in [0.2, 0.25) is 0 Å². The minimum Gasteiger partial charge on any atom is -0.255 e. The molecule has 6 heteroatoms. The van der Waals surface area contributed by atoms with E-state index >= 15 is 0 Å². The fourth-order valence-electron chi connectivity index (χ4n) is 3.83. The standard InChI is InChI=1S/C28H20N2S4/c1-17-3-5-25(31-17)27-9-7-23(33-27)19-11-13-29-21(15-19)22-16-20(12-14-30-22)24-8-10-28(34-24)26-6-4-18(2)32-26/h3-16H,1-2H3. The van der Waals surface area contributed by atoms with E-state index in [1.54, 1.807) is 0 Å². The van der Waals surface area contributed by atoms with E-state index in [0.29, 0.717) is 0 Å². The van der Waals surface area contributed by atoms with Crippen molar-refractivity contribution in [3.8, 4) is 51.8 Å². The van der Waals surface area contributed by atoms with Crippen molar-refractivity contribution in [1.29, 1.82) is 0 Å². The van der Waals surface area contributed by atoms with Gasteiger partial charge in [-0.3, -0.25) is 9.97 Å². The minimum atomic E-state index is 0.895. The molecule has 6 aromatic heterocycles. The fourth-order valence-corrected chi connectivity index (χ4v) is 7.75. The highest BCUT2D eigenvalue weighted by Gasteiger charge is 2.11. The third kappa shape index (κ3) is 4.30. The molecule has 0 amide bonds. The van der Waals surface area contributed by atoms with Crippen molar-refractivity contribution in [1.82, 2.24) is 9.97 Å². The first-order valence-corrected chi connectivity index (χ1v) is 14.2. The van der Waals surface area contributed by atoms with Gasteiger partial charge in [0.15, 0.2) is 0 Å². The Morgan fingerprint density at radius 3 is 1.24 bits per heavy atom. The van der Waals surface area contributed by atoms with E-state index in [4.69, 9.17) is 0 Å². The maximum Gasteiger partial charge on any atom is 0.0892 e. The van der Waals surface area contributed by atoms with Gasteiger partial charge in [0.1, 0.15) is 0 Å². The third-order valence-corrected chi connectivity index (χ3v) is 10.2. The molecule has 6 rings (SSSR count). The lowest BCUT2D eigenvalue weighted by atomic mass is 10.1. The van der Waals surface area contributed by atoms with Gasteiger partial charge in [-0.05, 0) is 97.8 Å². The number of hydrogen-bond donors (Lipinski definition) is 0. The predicted octanol–water partition coefficient (Wildman–Crippen LogP) is 9.67. The first kappa shape index (κ1) is 21.6. The molecule has 34 heavy (non-hydrogen) atoms. The lowest BCUT2D eigenvalue weighted by molar-refractivity contribution is 1.25. The number of aryl methyl sites for hydroxylation is 2. The minimum absolute atomic E-state index is 0.895. The van der Waals surface area contributed by atoms with E-state index in [1.165, 1.54) is 50.1 Å². The van der Waals surface area contributed by atoms with Crippen LogP contribution >= 0.6 is 45.3 Å². The lowest BCUT2D eigenvalue weighted by Crippen LogP contribution is -1.88. The van der Waals surface area contributed by atoms with Crippen molar-refractivity contribution in [2.24, 2.45) is 0 Å². The van der Waals surface area contributed by atoms with Crippen LogP contribution in [0.3, 0.4) is 0 Å². The molecule has 0 fully saturated rings. The molecule has 0 aliphatic carbocycles. The molecule has 166 valence electrons. The summed E-state index contributed by atoms with van der Waals surface area (Å²) >= 11 is 7.33. The van der Waals surface area contributed by atoms with E-state index in [9.17, 15) is 0 Å². The molecule has 0 atom stereocenters. The Hall–Kier alpha value is -2.90. The monoisotopic (exact) mass is 512 g/mol. The molecule has 0 spiro atoms. The van der Waals surface area contributed by atoms with Gasteiger partial charge in [0, 0.05) is 51.4 Å². The molecule has 0 aromatic carbocycles. The van der Waals surface area contributed by atoms with Crippen molar-refractivity contribution in [3.63, 3.8) is 0 Å².